The summed E-state index contributed by atoms with van der Waals surface area (Å²) < 4.78 is 5.61. The van der Waals surface area contributed by atoms with Gasteiger partial charge in [0.25, 0.3) is 0 Å². The number of hydrogen-bond donors (Lipinski definition) is 1. The van der Waals surface area contributed by atoms with E-state index in [4.69, 9.17) is 4.74 Å². The van der Waals surface area contributed by atoms with E-state index in [0.29, 0.717) is 12.4 Å². The van der Waals surface area contributed by atoms with Gasteiger partial charge < -0.3 is 10.1 Å². The van der Waals surface area contributed by atoms with Gasteiger partial charge in [0.2, 0.25) is 0 Å². The number of ether oxygens (including phenoxy) is 1. The molecular weight excluding hydrogens is 250 g/mol. The van der Waals surface area contributed by atoms with Crippen LogP contribution in [0.5, 0.6) is 5.75 Å². The molecule has 0 saturated carbocycles. The van der Waals surface area contributed by atoms with E-state index in [9.17, 15) is 0 Å². The van der Waals surface area contributed by atoms with E-state index in [1.165, 1.54) is 0 Å². The van der Waals surface area contributed by atoms with Crippen LogP contribution >= 0.6 is 0 Å². The van der Waals surface area contributed by atoms with Crippen molar-refractivity contribution in [3.63, 3.8) is 0 Å². The quantitative estimate of drug-likeness (QED) is 0.908. The van der Waals surface area contributed by atoms with Gasteiger partial charge in [-0.05, 0) is 32.9 Å². The summed E-state index contributed by atoms with van der Waals surface area (Å²) in [5.41, 5.74) is 1.16. The second kappa shape index (κ2) is 6.48. The molecule has 1 heterocycles. The fraction of sp³-hybridized carbons (Fsp3) is 0.375. The van der Waals surface area contributed by atoms with E-state index < -0.39 is 0 Å². The first-order valence-electron chi connectivity index (χ1n) is 6.76. The van der Waals surface area contributed by atoms with Crippen molar-refractivity contribution in [1.82, 2.24) is 15.3 Å². The zero-order valence-electron chi connectivity index (χ0n) is 12.3. The molecule has 0 unspecified atom stereocenters. The molecule has 0 atom stereocenters. The lowest BCUT2D eigenvalue weighted by atomic mass is 10.1. The lowest BCUT2D eigenvalue weighted by Gasteiger charge is -2.20. The molecule has 0 aliphatic rings. The van der Waals surface area contributed by atoms with E-state index in [-0.39, 0.29) is 5.54 Å². The number of benzene rings is 1. The van der Waals surface area contributed by atoms with E-state index >= 15 is 0 Å². The Morgan fingerprint density at radius 3 is 2.30 bits per heavy atom. The van der Waals surface area contributed by atoms with Gasteiger partial charge >= 0.3 is 0 Å². The maximum Gasteiger partial charge on any atom is 0.166 e. The van der Waals surface area contributed by atoms with Crippen molar-refractivity contribution in [2.24, 2.45) is 0 Å². The highest BCUT2D eigenvalue weighted by Gasteiger charge is 2.08. The van der Waals surface area contributed by atoms with Gasteiger partial charge in [-0.3, -0.25) is 0 Å². The SMILES string of the molecule is CC(C)(C)NCc1cnc(COc2ccccc2)nc1. The second-order valence-corrected chi connectivity index (χ2v) is 5.71. The zero-order valence-corrected chi connectivity index (χ0v) is 12.3. The molecule has 0 radical (unpaired) electrons. The van der Waals surface area contributed by atoms with Crippen molar-refractivity contribution >= 4 is 0 Å². The summed E-state index contributed by atoms with van der Waals surface area (Å²) in [6, 6.07) is 9.68. The molecule has 0 aliphatic heterocycles. The maximum absolute atomic E-state index is 5.61. The Kier molecular flexibility index (Phi) is 4.69. The van der Waals surface area contributed by atoms with Gasteiger partial charge in [0.05, 0.1) is 0 Å². The van der Waals surface area contributed by atoms with Crippen LogP contribution in [0, 0.1) is 0 Å². The highest BCUT2D eigenvalue weighted by molar-refractivity contribution is 5.21. The van der Waals surface area contributed by atoms with Gasteiger partial charge in [0.15, 0.2) is 5.82 Å². The van der Waals surface area contributed by atoms with Gasteiger partial charge in [-0.25, -0.2) is 9.97 Å². The van der Waals surface area contributed by atoms with Crippen LogP contribution in [0.1, 0.15) is 32.2 Å². The van der Waals surface area contributed by atoms with E-state index in [1.807, 2.05) is 42.7 Å². The molecule has 1 aromatic carbocycles. The van der Waals surface area contributed by atoms with Gasteiger partial charge in [-0.1, -0.05) is 18.2 Å². The van der Waals surface area contributed by atoms with Crippen LogP contribution < -0.4 is 10.1 Å². The highest BCUT2D eigenvalue weighted by atomic mass is 16.5. The molecule has 0 saturated heterocycles. The lowest BCUT2D eigenvalue weighted by molar-refractivity contribution is 0.295. The molecule has 1 aromatic heterocycles. The van der Waals surface area contributed by atoms with Crippen LogP contribution in [0.4, 0.5) is 0 Å². The minimum atomic E-state index is 0.0924. The number of rotatable bonds is 5. The molecular formula is C16H21N3O. The van der Waals surface area contributed by atoms with E-state index in [0.717, 1.165) is 17.9 Å². The molecule has 2 aromatic rings. The topological polar surface area (TPSA) is 47.0 Å². The smallest absolute Gasteiger partial charge is 0.166 e. The van der Waals surface area contributed by atoms with Gasteiger partial charge in [0.1, 0.15) is 12.4 Å². The Balaban J connectivity index is 1.85. The molecule has 0 bridgehead atoms. The Hall–Kier alpha value is -1.94. The fourth-order valence-electron chi connectivity index (χ4n) is 1.58. The number of para-hydroxylation sites is 1. The van der Waals surface area contributed by atoms with Crippen molar-refractivity contribution in [1.29, 1.82) is 0 Å². The summed E-state index contributed by atoms with van der Waals surface area (Å²) in [4.78, 5) is 8.64. The Bertz CT molecular complexity index is 518. The molecule has 4 nitrogen and oxygen atoms in total. The zero-order chi connectivity index (χ0) is 14.4. The summed E-state index contributed by atoms with van der Waals surface area (Å²) in [7, 11) is 0. The minimum Gasteiger partial charge on any atom is -0.486 e. The Morgan fingerprint density at radius 1 is 1.05 bits per heavy atom. The molecule has 20 heavy (non-hydrogen) atoms. The van der Waals surface area contributed by atoms with Crippen molar-refractivity contribution < 1.29 is 4.74 Å². The molecule has 0 fully saturated rings. The summed E-state index contributed by atoms with van der Waals surface area (Å²) in [5, 5.41) is 3.40. The Labute approximate surface area is 120 Å². The maximum atomic E-state index is 5.61. The van der Waals surface area contributed by atoms with Gasteiger partial charge in [0, 0.05) is 30.0 Å². The van der Waals surface area contributed by atoms with Crippen molar-refractivity contribution in [3.8, 4) is 5.75 Å². The molecule has 0 aliphatic carbocycles. The standard InChI is InChI=1S/C16H21N3O/c1-16(2,3)19-11-13-9-17-15(18-10-13)12-20-14-7-5-4-6-8-14/h4-10,19H,11-12H2,1-3H3. The minimum absolute atomic E-state index is 0.0924. The first kappa shape index (κ1) is 14.5. The van der Waals surface area contributed by atoms with E-state index in [2.05, 4.69) is 36.1 Å². The van der Waals surface area contributed by atoms with Crippen LogP contribution in [0.2, 0.25) is 0 Å². The third-order valence-corrected chi connectivity index (χ3v) is 2.69. The third kappa shape index (κ3) is 4.97. The first-order valence-corrected chi connectivity index (χ1v) is 6.76. The first-order chi connectivity index (χ1) is 9.53. The molecule has 0 amide bonds. The van der Waals surface area contributed by atoms with Crippen LogP contribution in [-0.2, 0) is 13.2 Å². The van der Waals surface area contributed by atoms with E-state index in [1.54, 1.807) is 0 Å². The second-order valence-electron chi connectivity index (χ2n) is 5.71. The summed E-state index contributed by atoms with van der Waals surface area (Å²) in [6.45, 7) is 7.56. The molecule has 4 heteroatoms. The molecule has 0 spiro atoms. The Morgan fingerprint density at radius 2 is 1.70 bits per heavy atom. The summed E-state index contributed by atoms with van der Waals surface area (Å²) in [5.74, 6) is 1.52. The third-order valence-electron chi connectivity index (χ3n) is 2.69. The predicted molar refractivity (Wildman–Crippen MR) is 79.4 cm³/mol. The lowest BCUT2D eigenvalue weighted by Crippen LogP contribution is -2.35. The normalized spacial score (nSPS) is 11.3. The van der Waals surface area contributed by atoms with Gasteiger partial charge in [-0.15, -0.1) is 0 Å². The highest BCUT2D eigenvalue weighted by Crippen LogP contribution is 2.10. The number of nitrogens with zero attached hydrogens (tertiary/aromatic N) is 2. The van der Waals surface area contributed by atoms with Crippen LogP contribution in [-0.4, -0.2) is 15.5 Å². The molecule has 1 N–H and O–H groups in total. The fourth-order valence-corrected chi connectivity index (χ4v) is 1.58. The number of nitrogens with one attached hydrogen (secondary N) is 1. The van der Waals surface area contributed by atoms with Gasteiger partial charge in [-0.2, -0.15) is 0 Å². The average molecular weight is 271 g/mol. The summed E-state index contributed by atoms with van der Waals surface area (Å²) >= 11 is 0. The predicted octanol–water partition coefficient (Wildman–Crippen LogP) is 2.94. The van der Waals surface area contributed by atoms with Crippen LogP contribution in [0.25, 0.3) is 0 Å². The largest absolute Gasteiger partial charge is 0.486 e. The average Bonchev–Trinajstić information content (AvgIpc) is 2.44. The molecule has 2 rings (SSSR count). The summed E-state index contributed by atoms with van der Waals surface area (Å²) in [6.07, 6.45) is 3.69. The number of aromatic nitrogens is 2. The number of hydrogen-bond acceptors (Lipinski definition) is 4. The van der Waals surface area contributed by atoms with Crippen LogP contribution in [0.3, 0.4) is 0 Å². The van der Waals surface area contributed by atoms with Crippen LogP contribution in [0.15, 0.2) is 42.7 Å². The van der Waals surface area contributed by atoms with Crippen molar-refractivity contribution in [2.75, 3.05) is 0 Å². The van der Waals surface area contributed by atoms with Crippen molar-refractivity contribution in [2.45, 2.75) is 39.5 Å². The molecule has 106 valence electrons. The van der Waals surface area contributed by atoms with Crippen molar-refractivity contribution in [3.05, 3.63) is 54.1 Å². The monoisotopic (exact) mass is 271 g/mol.